The monoisotopic (exact) mass is 276 g/mol. The molecule has 102 valence electrons. The summed E-state index contributed by atoms with van der Waals surface area (Å²) in [5, 5.41) is 2.08. The minimum Gasteiger partial charge on any atom is -0.295 e. The molecule has 3 heteroatoms. The molecule has 0 amide bonds. The third-order valence-corrected chi connectivity index (χ3v) is 3.01. The van der Waals surface area contributed by atoms with E-state index in [0.29, 0.717) is 0 Å². The van der Waals surface area contributed by atoms with E-state index in [1.807, 2.05) is 0 Å². The van der Waals surface area contributed by atoms with Gasteiger partial charge < -0.3 is 0 Å². The van der Waals surface area contributed by atoms with Gasteiger partial charge in [-0.3, -0.25) is 9.59 Å². The van der Waals surface area contributed by atoms with Gasteiger partial charge in [0, 0.05) is 4.88 Å². The van der Waals surface area contributed by atoms with Gasteiger partial charge in [0.1, 0.15) is 0 Å². The average molecular weight is 276 g/mol. The fourth-order valence-corrected chi connectivity index (χ4v) is 1.82. The van der Waals surface area contributed by atoms with Gasteiger partial charge in [-0.25, -0.2) is 0 Å². The number of carbonyl (C=O) groups excluding carboxylic acids is 2. The summed E-state index contributed by atoms with van der Waals surface area (Å²) in [7, 11) is 0. The summed E-state index contributed by atoms with van der Waals surface area (Å²) < 4.78 is 0. The topological polar surface area (TPSA) is 34.1 Å². The lowest BCUT2D eigenvalue weighted by Gasteiger charge is -1.95. The fraction of sp³-hybridized carbons (Fsp3) is 0.250. The van der Waals surface area contributed by atoms with E-state index in [4.69, 9.17) is 9.59 Å². The maximum atomic E-state index is 8.81. The van der Waals surface area contributed by atoms with E-state index in [1.54, 1.807) is 11.3 Å². The Morgan fingerprint density at radius 2 is 1.74 bits per heavy atom. The zero-order valence-electron chi connectivity index (χ0n) is 11.6. The van der Waals surface area contributed by atoms with Gasteiger partial charge in [-0.15, -0.1) is 11.3 Å². The van der Waals surface area contributed by atoms with Gasteiger partial charge in [0.15, 0.2) is 12.6 Å². The van der Waals surface area contributed by atoms with E-state index in [0.717, 1.165) is 6.42 Å². The van der Waals surface area contributed by atoms with E-state index >= 15 is 0 Å². The van der Waals surface area contributed by atoms with E-state index in [1.165, 1.54) is 16.0 Å². The number of aryl methyl sites for hydroxylation is 3. The van der Waals surface area contributed by atoms with Crippen molar-refractivity contribution in [3.63, 3.8) is 0 Å². The zero-order chi connectivity index (χ0) is 14.5. The predicted octanol–water partition coefficient (Wildman–Crippen LogP) is 4.00. The van der Waals surface area contributed by atoms with Crippen LogP contribution in [0.25, 0.3) is 0 Å². The highest BCUT2D eigenvalue weighted by Crippen LogP contribution is 2.04. The van der Waals surface area contributed by atoms with Crippen LogP contribution >= 0.6 is 11.3 Å². The first-order valence-electron chi connectivity index (χ1n) is 6.08. The van der Waals surface area contributed by atoms with Crippen LogP contribution < -0.4 is 0 Å². The molecular formula is C16H20O2S. The first-order valence-corrected chi connectivity index (χ1v) is 6.96. The molecule has 2 rings (SSSR count). The molecule has 0 saturated heterocycles. The Hall–Kier alpha value is -1.74. The maximum absolute atomic E-state index is 8.81. The van der Waals surface area contributed by atoms with Gasteiger partial charge in [-0.1, -0.05) is 42.8 Å². The summed E-state index contributed by atoms with van der Waals surface area (Å²) in [6, 6.07) is 12.8. The van der Waals surface area contributed by atoms with Crippen LogP contribution in [0.2, 0.25) is 0 Å². The highest BCUT2D eigenvalue weighted by Gasteiger charge is 1.85. The third-order valence-electron chi connectivity index (χ3n) is 2.21. The molecule has 0 aliphatic heterocycles. The van der Waals surface area contributed by atoms with Crippen LogP contribution in [0.3, 0.4) is 0 Å². The van der Waals surface area contributed by atoms with Crippen LogP contribution in [0.4, 0.5) is 0 Å². The van der Waals surface area contributed by atoms with Crippen LogP contribution in [-0.4, -0.2) is 12.6 Å². The van der Waals surface area contributed by atoms with Crippen molar-refractivity contribution in [3.8, 4) is 0 Å². The first kappa shape index (κ1) is 17.3. The first-order chi connectivity index (χ1) is 9.13. The van der Waals surface area contributed by atoms with E-state index < -0.39 is 0 Å². The van der Waals surface area contributed by atoms with Gasteiger partial charge in [0.25, 0.3) is 0 Å². The molecular weight excluding hydrogens is 256 g/mol. The van der Waals surface area contributed by atoms with Crippen molar-refractivity contribution in [2.24, 2.45) is 0 Å². The molecule has 0 aliphatic rings. The fourth-order valence-electron chi connectivity index (χ4n) is 1.29. The van der Waals surface area contributed by atoms with Gasteiger partial charge in [-0.05, 0) is 37.3 Å². The second kappa shape index (κ2) is 11.4. The molecule has 0 saturated carbocycles. The summed E-state index contributed by atoms with van der Waals surface area (Å²) >= 11 is 1.78. The molecule has 0 fully saturated rings. The zero-order valence-corrected chi connectivity index (χ0v) is 12.4. The number of carbonyl (C=O) groups is 2. The number of thiophene rings is 1. The molecule has 0 N–H and O–H groups in total. The Morgan fingerprint density at radius 1 is 1.05 bits per heavy atom. The highest BCUT2D eigenvalue weighted by molar-refractivity contribution is 7.09. The lowest BCUT2D eigenvalue weighted by molar-refractivity contribution is -0.122. The number of hydrogen-bond acceptors (Lipinski definition) is 3. The highest BCUT2D eigenvalue weighted by atomic mass is 32.1. The van der Waals surface area contributed by atoms with Crippen molar-refractivity contribution in [3.05, 3.63) is 57.8 Å². The van der Waals surface area contributed by atoms with Crippen molar-refractivity contribution in [1.29, 1.82) is 0 Å². The van der Waals surface area contributed by atoms with Gasteiger partial charge in [-0.2, -0.15) is 0 Å². The summed E-state index contributed by atoms with van der Waals surface area (Å²) in [6.45, 7) is 6.40. The van der Waals surface area contributed by atoms with Crippen molar-refractivity contribution >= 4 is 23.9 Å². The molecule has 0 radical (unpaired) electrons. The van der Waals surface area contributed by atoms with E-state index in [-0.39, 0.29) is 12.6 Å². The Kier molecular flexibility index (Phi) is 10.3. The maximum Gasteiger partial charge on any atom is 0.182 e. The molecule has 1 aromatic heterocycles. The van der Waals surface area contributed by atoms with Crippen LogP contribution in [0.1, 0.15) is 22.9 Å². The van der Waals surface area contributed by atoms with Crippen LogP contribution in [0.15, 0.2) is 41.8 Å². The molecule has 2 aromatic rings. The molecule has 0 unspecified atom stereocenters. The molecule has 2 nitrogen and oxygen atoms in total. The van der Waals surface area contributed by atoms with Crippen LogP contribution in [-0.2, 0) is 16.0 Å². The smallest absolute Gasteiger partial charge is 0.182 e. The molecule has 1 aromatic carbocycles. The minimum atomic E-state index is 0.194. The molecule has 0 atom stereocenters. The second-order valence-electron chi connectivity index (χ2n) is 3.84. The average Bonchev–Trinajstić information content (AvgIpc) is 2.91. The summed E-state index contributed by atoms with van der Waals surface area (Å²) in [6.07, 6.45) is 1.53. The van der Waals surface area contributed by atoms with E-state index in [2.05, 4.69) is 62.5 Å². The second-order valence-corrected chi connectivity index (χ2v) is 4.99. The Morgan fingerprint density at radius 3 is 2.00 bits per heavy atom. The quantitative estimate of drug-likeness (QED) is 0.614. The Labute approximate surface area is 119 Å². The van der Waals surface area contributed by atoms with Gasteiger partial charge in [0.05, 0.1) is 0 Å². The number of hydrogen-bond donors (Lipinski definition) is 0. The molecule has 1 heterocycles. The van der Waals surface area contributed by atoms with Crippen LogP contribution in [0, 0.1) is 13.8 Å². The van der Waals surface area contributed by atoms with Gasteiger partial charge >= 0.3 is 0 Å². The lowest BCUT2D eigenvalue weighted by Crippen LogP contribution is -1.78. The SMILES string of the molecule is CCc1cccc(C)c1.Cc1cccs1.O=CC=O. The number of aldehydes is 2. The molecule has 0 spiro atoms. The van der Waals surface area contributed by atoms with Crippen molar-refractivity contribution < 1.29 is 9.59 Å². The predicted molar refractivity (Wildman–Crippen MR) is 81.7 cm³/mol. The minimum absolute atomic E-state index is 0.194. The third kappa shape index (κ3) is 9.92. The number of rotatable bonds is 2. The summed E-state index contributed by atoms with van der Waals surface area (Å²) in [5.74, 6) is 0. The van der Waals surface area contributed by atoms with Crippen molar-refractivity contribution in [2.75, 3.05) is 0 Å². The van der Waals surface area contributed by atoms with Gasteiger partial charge in [0.2, 0.25) is 0 Å². The largest absolute Gasteiger partial charge is 0.295 e. The molecule has 19 heavy (non-hydrogen) atoms. The van der Waals surface area contributed by atoms with Crippen molar-refractivity contribution in [2.45, 2.75) is 27.2 Å². The standard InChI is InChI=1S/C9H12.C5H6S.C2H2O2/c1-3-9-6-4-5-8(2)7-9;1-5-3-2-4-6-5;3-1-2-4/h4-7H,3H2,1-2H3;2-4H,1H3;1-2H. The Balaban J connectivity index is 0.000000281. The lowest BCUT2D eigenvalue weighted by atomic mass is 10.1. The summed E-state index contributed by atoms with van der Waals surface area (Å²) in [5.41, 5.74) is 2.78. The van der Waals surface area contributed by atoms with E-state index in [9.17, 15) is 0 Å². The van der Waals surface area contributed by atoms with Crippen LogP contribution in [0.5, 0.6) is 0 Å². The van der Waals surface area contributed by atoms with Crippen molar-refractivity contribution in [1.82, 2.24) is 0 Å². The molecule has 0 aliphatic carbocycles. The summed E-state index contributed by atoms with van der Waals surface area (Å²) in [4.78, 5) is 19.0. The normalized spacial score (nSPS) is 8.37. The number of benzene rings is 1. The molecule has 0 bridgehead atoms. The Bertz CT molecular complexity index is 455.